The Morgan fingerprint density at radius 2 is 1.58 bits per heavy atom. The highest BCUT2D eigenvalue weighted by atomic mass is 19.3. The lowest BCUT2D eigenvalue weighted by molar-refractivity contribution is 0.00578. The molecule has 2 aliphatic heterocycles. The van der Waals surface area contributed by atoms with Crippen molar-refractivity contribution < 1.29 is 27.6 Å². The molecule has 2 saturated heterocycles. The first-order valence-corrected chi connectivity index (χ1v) is 12.2. The molecule has 1 aromatic heterocycles. The number of anilines is 1. The van der Waals surface area contributed by atoms with Crippen molar-refractivity contribution in [3.8, 4) is 0 Å². The van der Waals surface area contributed by atoms with Crippen molar-refractivity contribution >= 4 is 35.4 Å². The van der Waals surface area contributed by atoms with Crippen molar-refractivity contribution in [2.24, 2.45) is 0 Å². The number of fused-ring (bicyclic) bond motifs is 1. The van der Waals surface area contributed by atoms with E-state index in [0.717, 1.165) is 6.92 Å². The number of carbonyl (C=O) groups excluding carboxylic acids is 1. The lowest BCUT2D eigenvalue weighted by Gasteiger charge is -2.36. The fourth-order valence-electron chi connectivity index (χ4n) is 4.33. The molecular formula is C25H35BF2N4O4. The molecule has 11 heteroatoms. The molecule has 2 fully saturated rings. The first-order valence-electron chi connectivity index (χ1n) is 12.2. The van der Waals surface area contributed by atoms with Crippen LogP contribution < -0.4 is 10.4 Å². The van der Waals surface area contributed by atoms with Gasteiger partial charge in [-0.25, -0.2) is 23.5 Å². The molecule has 0 bridgehead atoms. The second kappa shape index (κ2) is 8.80. The molecule has 0 aliphatic carbocycles. The zero-order chi connectivity index (χ0) is 26.7. The molecule has 4 rings (SSSR count). The van der Waals surface area contributed by atoms with E-state index in [4.69, 9.17) is 14.0 Å². The number of hydrogen-bond donors (Lipinski definition) is 0. The van der Waals surface area contributed by atoms with E-state index in [2.05, 4.69) is 9.97 Å². The maximum absolute atomic E-state index is 14.9. The summed E-state index contributed by atoms with van der Waals surface area (Å²) in [7, 11) is -0.948. The Morgan fingerprint density at radius 3 is 2.11 bits per heavy atom. The van der Waals surface area contributed by atoms with E-state index < -0.39 is 29.8 Å². The summed E-state index contributed by atoms with van der Waals surface area (Å²) in [5, 5.41) is 0.514. The van der Waals surface area contributed by atoms with Crippen LogP contribution in [0.1, 0.15) is 61.0 Å². The van der Waals surface area contributed by atoms with Crippen molar-refractivity contribution in [2.45, 2.75) is 78.1 Å². The fourth-order valence-corrected chi connectivity index (χ4v) is 4.33. The van der Waals surface area contributed by atoms with Crippen molar-refractivity contribution in [3.63, 3.8) is 0 Å². The number of carbonyl (C=O) groups is 1. The third kappa shape index (κ3) is 5.13. The first-order chi connectivity index (χ1) is 16.5. The molecule has 0 N–H and O–H groups in total. The summed E-state index contributed by atoms with van der Waals surface area (Å²) in [4.78, 5) is 24.9. The monoisotopic (exact) mass is 504 g/mol. The van der Waals surface area contributed by atoms with Gasteiger partial charge >= 0.3 is 13.2 Å². The van der Waals surface area contributed by atoms with Gasteiger partial charge in [0.2, 0.25) is 0 Å². The molecule has 2 aliphatic rings. The molecule has 0 unspecified atom stereocenters. The SMILES string of the molecule is CC(C)(C)OC(=O)N1CCN(c2ncnc3cc(B4OC(C)(C)C(C)(C)O4)c(C(C)(F)F)cc23)CC1. The molecular weight excluding hydrogens is 469 g/mol. The summed E-state index contributed by atoms with van der Waals surface area (Å²) in [6.45, 7) is 15.7. The quantitative estimate of drug-likeness (QED) is 0.583. The van der Waals surface area contributed by atoms with E-state index in [9.17, 15) is 13.6 Å². The maximum atomic E-state index is 14.9. The maximum Gasteiger partial charge on any atom is 0.495 e. The van der Waals surface area contributed by atoms with Gasteiger partial charge < -0.3 is 23.8 Å². The lowest BCUT2D eigenvalue weighted by atomic mass is 9.74. The Balaban J connectivity index is 1.66. The van der Waals surface area contributed by atoms with Crippen LogP contribution in [0.5, 0.6) is 0 Å². The van der Waals surface area contributed by atoms with Crippen LogP contribution in [0.25, 0.3) is 10.9 Å². The number of nitrogens with zero attached hydrogens (tertiary/aromatic N) is 4. The smallest absolute Gasteiger partial charge is 0.444 e. The van der Waals surface area contributed by atoms with E-state index in [1.165, 1.54) is 12.4 Å². The molecule has 0 saturated carbocycles. The number of benzene rings is 1. The van der Waals surface area contributed by atoms with Crippen LogP contribution in [-0.2, 0) is 20.0 Å². The number of amides is 1. The third-order valence-corrected chi connectivity index (χ3v) is 7.00. The highest BCUT2D eigenvalue weighted by Gasteiger charge is 2.53. The van der Waals surface area contributed by atoms with E-state index in [0.29, 0.717) is 42.9 Å². The highest BCUT2D eigenvalue weighted by Crippen LogP contribution is 2.39. The summed E-state index contributed by atoms with van der Waals surface area (Å²) >= 11 is 0. The molecule has 2 aromatic rings. The summed E-state index contributed by atoms with van der Waals surface area (Å²) in [6, 6.07) is 3.07. The summed E-state index contributed by atoms with van der Waals surface area (Å²) in [5.41, 5.74) is -1.32. The summed E-state index contributed by atoms with van der Waals surface area (Å²) in [5.74, 6) is -2.59. The van der Waals surface area contributed by atoms with Gasteiger partial charge in [-0.1, -0.05) is 0 Å². The van der Waals surface area contributed by atoms with Crippen LogP contribution in [0, 0.1) is 0 Å². The van der Waals surface area contributed by atoms with Crippen LogP contribution >= 0.6 is 0 Å². The fraction of sp³-hybridized carbons (Fsp3) is 0.640. The normalized spacial score (nSPS) is 20.2. The molecule has 8 nitrogen and oxygen atoms in total. The standard InChI is InChI=1S/C25H35BF2N4O4/c1-22(2,3)34-21(33)32-11-9-31(10-12-32)20-16-13-17(25(8,27)28)18(14-19(16)29-15-30-20)26-35-23(4,5)24(6,7)36-26/h13-15H,9-12H2,1-8H3. The predicted molar refractivity (Wildman–Crippen MR) is 135 cm³/mol. The number of piperazine rings is 1. The second-order valence-electron chi connectivity index (χ2n) is 11.6. The average Bonchev–Trinajstić information content (AvgIpc) is 2.97. The molecule has 36 heavy (non-hydrogen) atoms. The Bertz CT molecular complexity index is 1140. The van der Waals surface area contributed by atoms with E-state index in [1.807, 2.05) is 53.4 Å². The minimum atomic E-state index is -3.14. The van der Waals surface area contributed by atoms with E-state index in [1.54, 1.807) is 11.0 Å². The number of rotatable bonds is 3. The Hall–Kier alpha value is -2.53. The Labute approximate surface area is 211 Å². The third-order valence-electron chi connectivity index (χ3n) is 7.00. The van der Waals surface area contributed by atoms with Crippen LogP contribution in [-0.4, -0.2) is 71.1 Å². The first kappa shape index (κ1) is 26.5. The lowest BCUT2D eigenvalue weighted by Crippen LogP contribution is -2.50. The minimum absolute atomic E-state index is 0.183. The van der Waals surface area contributed by atoms with Gasteiger partial charge in [-0.15, -0.1) is 0 Å². The van der Waals surface area contributed by atoms with Gasteiger partial charge in [0.05, 0.1) is 16.7 Å². The number of aromatic nitrogens is 2. The number of ether oxygens (including phenoxy) is 1. The van der Waals surface area contributed by atoms with Crippen LogP contribution in [0.3, 0.4) is 0 Å². The molecule has 0 atom stereocenters. The zero-order valence-electron chi connectivity index (χ0n) is 22.3. The zero-order valence-corrected chi connectivity index (χ0v) is 22.3. The summed E-state index contributed by atoms with van der Waals surface area (Å²) in [6.07, 6.45) is 1.06. The highest BCUT2D eigenvalue weighted by molar-refractivity contribution is 6.63. The molecule has 3 heterocycles. The molecule has 1 aromatic carbocycles. The van der Waals surface area contributed by atoms with E-state index >= 15 is 0 Å². The van der Waals surface area contributed by atoms with Crippen LogP contribution in [0.2, 0.25) is 0 Å². The second-order valence-corrected chi connectivity index (χ2v) is 11.6. The van der Waals surface area contributed by atoms with Crippen molar-refractivity contribution in [1.29, 1.82) is 0 Å². The van der Waals surface area contributed by atoms with Crippen molar-refractivity contribution in [1.82, 2.24) is 14.9 Å². The van der Waals surface area contributed by atoms with Crippen molar-refractivity contribution in [2.75, 3.05) is 31.1 Å². The van der Waals surface area contributed by atoms with Gasteiger partial charge in [0.15, 0.2) is 0 Å². The number of hydrogen-bond acceptors (Lipinski definition) is 7. The van der Waals surface area contributed by atoms with Gasteiger partial charge in [-0.3, -0.25) is 0 Å². The van der Waals surface area contributed by atoms with Crippen LogP contribution in [0.15, 0.2) is 18.5 Å². The Morgan fingerprint density at radius 1 is 1.00 bits per heavy atom. The van der Waals surface area contributed by atoms with Gasteiger partial charge in [0.1, 0.15) is 17.7 Å². The average molecular weight is 504 g/mol. The predicted octanol–water partition coefficient (Wildman–Crippen LogP) is 4.10. The van der Waals surface area contributed by atoms with Gasteiger partial charge in [0, 0.05) is 44.1 Å². The molecule has 0 radical (unpaired) electrons. The summed E-state index contributed by atoms with van der Waals surface area (Å²) < 4.78 is 47.5. The number of halogens is 2. The van der Waals surface area contributed by atoms with Gasteiger partial charge in [0.25, 0.3) is 5.92 Å². The van der Waals surface area contributed by atoms with Crippen molar-refractivity contribution in [3.05, 3.63) is 24.0 Å². The van der Waals surface area contributed by atoms with E-state index in [-0.39, 0.29) is 17.1 Å². The largest absolute Gasteiger partial charge is 0.495 e. The molecule has 1 amide bonds. The van der Waals surface area contributed by atoms with Crippen LogP contribution in [0.4, 0.5) is 19.4 Å². The topological polar surface area (TPSA) is 77.0 Å². The Kier molecular flexibility index (Phi) is 6.48. The minimum Gasteiger partial charge on any atom is -0.444 e. The molecule has 0 spiro atoms. The van der Waals surface area contributed by atoms with Gasteiger partial charge in [-0.05, 0) is 66.1 Å². The number of alkyl halides is 2. The molecule has 196 valence electrons. The van der Waals surface area contributed by atoms with Gasteiger partial charge in [-0.2, -0.15) is 0 Å².